The van der Waals surface area contributed by atoms with Crippen LogP contribution in [0.1, 0.15) is 25.1 Å². The molecule has 0 aliphatic heterocycles. The summed E-state index contributed by atoms with van der Waals surface area (Å²) >= 11 is 0. The number of aromatic hydroxyl groups is 1. The Kier molecular flexibility index (Phi) is 7.03. The van der Waals surface area contributed by atoms with Gasteiger partial charge in [-0.1, -0.05) is 12.1 Å². The zero-order valence-corrected chi connectivity index (χ0v) is 17.6. The molecule has 0 spiro atoms. The highest BCUT2D eigenvalue weighted by Gasteiger charge is 2.09. The molecule has 4 heteroatoms. The summed E-state index contributed by atoms with van der Waals surface area (Å²) in [5.41, 5.74) is 4.15. The van der Waals surface area contributed by atoms with Gasteiger partial charge in [0.25, 0.3) is 0 Å². The number of nitrogens with zero attached hydrogens (tertiary/aromatic N) is 2. The minimum Gasteiger partial charge on any atom is -1.00 e. The average Bonchev–Trinajstić information content (AvgIpc) is 2.64. The number of rotatable bonds is 5. The van der Waals surface area contributed by atoms with Gasteiger partial charge >= 0.3 is 0 Å². The number of anilines is 1. The van der Waals surface area contributed by atoms with Crippen molar-refractivity contribution in [1.82, 2.24) is 0 Å². The van der Waals surface area contributed by atoms with Gasteiger partial charge in [0.05, 0.1) is 0 Å². The van der Waals surface area contributed by atoms with Crippen LogP contribution in [-0.2, 0) is 7.05 Å². The number of phenolic OH excluding ortho intramolecular Hbond substituents is 1. The van der Waals surface area contributed by atoms with Crippen LogP contribution in [0.15, 0.2) is 54.6 Å². The second-order valence-corrected chi connectivity index (χ2v) is 6.12. The van der Waals surface area contributed by atoms with Gasteiger partial charge in [0.15, 0.2) is 0 Å². The summed E-state index contributed by atoms with van der Waals surface area (Å²) in [5.74, 6) is 0.309. The van der Waals surface area contributed by atoms with Gasteiger partial charge in [-0.15, -0.1) is 0 Å². The van der Waals surface area contributed by atoms with Crippen molar-refractivity contribution >= 4 is 28.7 Å². The number of hydrogen-bond acceptors (Lipinski definition) is 2. The van der Waals surface area contributed by atoms with Crippen molar-refractivity contribution in [3.05, 3.63) is 65.9 Å². The molecular formula is C22H25IN2O. The van der Waals surface area contributed by atoms with Gasteiger partial charge in [0, 0.05) is 54.0 Å². The lowest BCUT2D eigenvalue weighted by Gasteiger charge is -2.21. The second kappa shape index (κ2) is 9.03. The van der Waals surface area contributed by atoms with E-state index >= 15 is 0 Å². The third kappa shape index (κ3) is 4.18. The minimum atomic E-state index is 0. The molecule has 1 N–H and O–H groups in total. The molecule has 2 aromatic carbocycles. The van der Waals surface area contributed by atoms with Crippen molar-refractivity contribution in [2.75, 3.05) is 18.0 Å². The van der Waals surface area contributed by atoms with Gasteiger partial charge in [-0.3, -0.25) is 0 Å². The number of para-hydroxylation sites is 1. The first-order chi connectivity index (χ1) is 12.1. The van der Waals surface area contributed by atoms with E-state index in [0.717, 1.165) is 30.0 Å². The number of phenols is 1. The first-order valence-corrected chi connectivity index (χ1v) is 8.78. The van der Waals surface area contributed by atoms with Crippen LogP contribution in [0.25, 0.3) is 23.1 Å². The van der Waals surface area contributed by atoms with Crippen LogP contribution >= 0.6 is 0 Å². The number of aromatic nitrogens is 1. The van der Waals surface area contributed by atoms with E-state index in [9.17, 15) is 5.11 Å². The van der Waals surface area contributed by atoms with Crippen LogP contribution < -0.4 is 33.4 Å². The molecule has 0 fully saturated rings. The molecule has 0 radical (unpaired) electrons. The second-order valence-electron chi connectivity index (χ2n) is 6.12. The lowest BCUT2D eigenvalue weighted by molar-refractivity contribution is -0.646. The molecule has 0 saturated heterocycles. The molecule has 0 unspecified atom stereocenters. The Morgan fingerprint density at radius 3 is 2.38 bits per heavy atom. The highest BCUT2D eigenvalue weighted by molar-refractivity contribution is 5.78. The minimum absolute atomic E-state index is 0. The standard InChI is InChI=1S/C22H24N2O.HI/c1-4-24(5-2)20-15-12-18(22(25)16-20)11-14-19-13-10-17-8-6-7-9-21(17)23(19)3;/h6-16H,4-5H2,1-3H3;1H. The molecule has 1 heterocycles. The fraction of sp³-hybridized carbons (Fsp3) is 0.227. The van der Waals surface area contributed by atoms with Crippen LogP contribution in [0.2, 0.25) is 0 Å². The number of benzene rings is 2. The van der Waals surface area contributed by atoms with Gasteiger partial charge in [-0.25, -0.2) is 0 Å². The topological polar surface area (TPSA) is 27.4 Å². The van der Waals surface area contributed by atoms with E-state index in [-0.39, 0.29) is 24.0 Å². The number of hydrogen-bond donors (Lipinski definition) is 1. The van der Waals surface area contributed by atoms with E-state index in [1.807, 2.05) is 36.4 Å². The maximum Gasteiger partial charge on any atom is 0.212 e. The maximum atomic E-state index is 10.4. The summed E-state index contributed by atoms with van der Waals surface area (Å²) in [6.07, 6.45) is 4.00. The molecule has 0 bridgehead atoms. The van der Waals surface area contributed by atoms with Crippen molar-refractivity contribution in [3.8, 4) is 5.75 Å². The van der Waals surface area contributed by atoms with Gasteiger partial charge in [0.1, 0.15) is 12.8 Å². The largest absolute Gasteiger partial charge is 1.00 e. The van der Waals surface area contributed by atoms with E-state index in [1.54, 1.807) is 0 Å². The van der Waals surface area contributed by atoms with Gasteiger partial charge in [0.2, 0.25) is 11.2 Å². The fourth-order valence-corrected chi connectivity index (χ4v) is 3.16. The van der Waals surface area contributed by atoms with E-state index in [2.05, 4.69) is 60.7 Å². The Hall–Kier alpha value is -2.08. The summed E-state index contributed by atoms with van der Waals surface area (Å²) < 4.78 is 2.16. The van der Waals surface area contributed by atoms with Crippen LogP contribution in [0.3, 0.4) is 0 Å². The van der Waals surface area contributed by atoms with Crippen molar-refractivity contribution in [2.45, 2.75) is 13.8 Å². The summed E-state index contributed by atoms with van der Waals surface area (Å²) in [7, 11) is 2.06. The molecule has 3 rings (SSSR count). The van der Waals surface area contributed by atoms with E-state index in [4.69, 9.17) is 0 Å². The quantitative estimate of drug-likeness (QED) is 0.461. The lowest BCUT2D eigenvalue weighted by atomic mass is 10.1. The maximum absolute atomic E-state index is 10.4. The summed E-state index contributed by atoms with van der Waals surface area (Å²) in [5, 5.41) is 11.6. The summed E-state index contributed by atoms with van der Waals surface area (Å²) in [4.78, 5) is 2.22. The highest BCUT2D eigenvalue weighted by Crippen LogP contribution is 2.26. The number of halogens is 1. The van der Waals surface area contributed by atoms with Crippen molar-refractivity contribution in [2.24, 2.45) is 7.05 Å². The molecule has 0 atom stereocenters. The number of aryl methyl sites for hydroxylation is 1. The summed E-state index contributed by atoms with van der Waals surface area (Å²) in [6.45, 7) is 6.10. The normalized spacial score (nSPS) is 10.9. The molecule has 0 amide bonds. The Morgan fingerprint density at radius 1 is 0.962 bits per heavy atom. The average molecular weight is 460 g/mol. The van der Waals surface area contributed by atoms with Crippen molar-refractivity contribution in [1.29, 1.82) is 0 Å². The third-order valence-corrected chi connectivity index (χ3v) is 4.70. The number of pyridine rings is 1. The lowest BCUT2D eigenvalue weighted by Crippen LogP contribution is -3.00. The SMILES string of the molecule is CCN(CC)c1ccc(/C=C/c2ccc3ccccc3[n+]2C)c(O)c1.[I-]. The monoisotopic (exact) mass is 460 g/mol. The Labute approximate surface area is 172 Å². The third-order valence-electron chi connectivity index (χ3n) is 4.70. The first kappa shape index (κ1) is 20.2. The van der Waals surface area contributed by atoms with Crippen LogP contribution in [0, 0.1) is 0 Å². The molecule has 136 valence electrons. The van der Waals surface area contributed by atoms with Crippen LogP contribution in [-0.4, -0.2) is 18.2 Å². The van der Waals surface area contributed by atoms with Gasteiger partial charge in [-0.05, 0) is 44.2 Å². The highest BCUT2D eigenvalue weighted by atomic mass is 127. The smallest absolute Gasteiger partial charge is 0.212 e. The Morgan fingerprint density at radius 2 is 1.69 bits per heavy atom. The van der Waals surface area contributed by atoms with Crippen molar-refractivity contribution < 1.29 is 33.7 Å². The Bertz CT molecular complexity index is 917. The molecule has 3 aromatic rings. The predicted octanol–water partition coefficient (Wildman–Crippen LogP) is 1.39. The van der Waals surface area contributed by atoms with E-state index in [0.29, 0.717) is 5.75 Å². The van der Waals surface area contributed by atoms with Crippen LogP contribution in [0.5, 0.6) is 5.75 Å². The van der Waals surface area contributed by atoms with Crippen LogP contribution in [0.4, 0.5) is 5.69 Å². The zero-order valence-electron chi connectivity index (χ0n) is 15.5. The molecule has 1 aromatic heterocycles. The van der Waals surface area contributed by atoms with Gasteiger partial charge < -0.3 is 34.0 Å². The summed E-state index contributed by atoms with van der Waals surface area (Å²) in [6, 6.07) is 18.4. The molecule has 0 aliphatic rings. The van der Waals surface area contributed by atoms with E-state index < -0.39 is 0 Å². The molecule has 26 heavy (non-hydrogen) atoms. The van der Waals surface area contributed by atoms with Gasteiger partial charge in [-0.2, -0.15) is 4.57 Å². The Balaban J connectivity index is 0.00000243. The predicted molar refractivity (Wildman–Crippen MR) is 106 cm³/mol. The molecule has 0 saturated carbocycles. The molecule has 0 aliphatic carbocycles. The van der Waals surface area contributed by atoms with E-state index in [1.165, 1.54) is 10.9 Å². The molecule has 3 nitrogen and oxygen atoms in total. The number of fused-ring (bicyclic) bond motifs is 1. The zero-order chi connectivity index (χ0) is 17.8. The fourth-order valence-electron chi connectivity index (χ4n) is 3.16. The molecular weight excluding hydrogens is 435 g/mol. The first-order valence-electron chi connectivity index (χ1n) is 8.78. The van der Waals surface area contributed by atoms with Crippen molar-refractivity contribution in [3.63, 3.8) is 0 Å².